The highest BCUT2D eigenvalue weighted by molar-refractivity contribution is 6.00. The van der Waals surface area contributed by atoms with Crippen molar-refractivity contribution in [1.29, 1.82) is 0 Å². The summed E-state index contributed by atoms with van der Waals surface area (Å²) >= 11 is 0. The van der Waals surface area contributed by atoms with Gasteiger partial charge in [0.05, 0.1) is 23.9 Å². The van der Waals surface area contributed by atoms with E-state index in [9.17, 15) is 9.90 Å². The zero-order valence-electron chi connectivity index (χ0n) is 14.5. The molecule has 1 aliphatic rings. The van der Waals surface area contributed by atoms with Crippen LogP contribution in [0.25, 0.3) is 11.4 Å². The van der Waals surface area contributed by atoms with Crippen molar-refractivity contribution in [3.05, 3.63) is 60.2 Å². The molecule has 7 nitrogen and oxygen atoms in total. The topological polar surface area (TPSA) is 95.8 Å². The van der Waals surface area contributed by atoms with Gasteiger partial charge >= 0.3 is 0 Å². The van der Waals surface area contributed by atoms with Crippen LogP contribution in [0.2, 0.25) is 0 Å². The van der Waals surface area contributed by atoms with Crippen molar-refractivity contribution >= 4 is 5.91 Å². The van der Waals surface area contributed by atoms with Gasteiger partial charge in [-0.3, -0.25) is 9.48 Å². The van der Waals surface area contributed by atoms with Crippen LogP contribution in [0.1, 0.15) is 34.8 Å². The minimum Gasteiger partial charge on any atom is -0.393 e. The number of aliphatic hydroxyl groups is 1. The Balaban J connectivity index is 1.61. The smallest absolute Gasteiger partial charge is 0.252 e. The number of imidazole rings is 1. The van der Waals surface area contributed by atoms with Crippen molar-refractivity contribution in [2.75, 3.05) is 0 Å². The summed E-state index contributed by atoms with van der Waals surface area (Å²) in [7, 11) is 1.85. The first-order valence-electron chi connectivity index (χ1n) is 8.68. The summed E-state index contributed by atoms with van der Waals surface area (Å²) in [6.45, 7) is 0. The SMILES string of the molecule is Cn1cc([C@@H](NC(=O)c2ccccc2-c2ncc[nH]2)C2CC(O)C2)cn1. The second-order valence-corrected chi connectivity index (χ2v) is 6.77. The molecule has 0 aliphatic heterocycles. The normalized spacial score (nSPS) is 20.4. The van der Waals surface area contributed by atoms with Crippen LogP contribution in [0.4, 0.5) is 0 Å². The van der Waals surface area contributed by atoms with E-state index in [1.807, 2.05) is 31.4 Å². The number of hydrogen-bond acceptors (Lipinski definition) is 4. The molecule has 7 heteroatoms. The lowest BCUT2D eigenvalue weighted by Crippen LogP contribution is -2.41. The van der Waals surface area contributed by atoms with Gasteiger partial charge in [0.1, 0.15) is 5.82 Å². The molecule has 1 amide bonds. The van der Waals surface area contributed by atoms with Crippen LogP contribution in [0, 0.1) is 5.92 Å². The van der Waals surface area contributed by atoms with Gasteiger partial charge in [0, 0.05) is 36.8 Å². The highest BCUT2D eigenvalue weighted by Gasteiger charge is 2.36. The Labute approximate surface area is 151 Å². The summed E-state index contributed by atoms with van der Waals surface area (Å²) in [5, 5.41) is 17.1. The molecule has 1 saturated carbocycles. The molecule has 0 radical (unpaired) electrons. The third-order valence-electron chi connectivity index (χ3n) is 4.92. The molecule has 2 heterocycles. The number of aromatic nitrogens is 4. The lowest BCUT2D eigenvalue weighted by atomic mass is 9.75. The Morgan fingerprint density at radius 2 is 2.19 bits per heavy atom. The molecule has 134 valence electrons. The van der Waals surface area contributed by atoms with Crippen LogP contribution in [-0.2, 0) is 7.05 Å². The molecule has 1 aromatic carbocycles. The van der Waals surface area contributed by atoms with E-state index < -0.39 is 0 Å². The Kier molecular flexibility index (Phi) is 4.30. The molecule has 0 saturated heterocycles. The summed E-state index contributed by atoms with van der Waals surface area (Å²) in [6, 6.07) is 7.22. The van der Waals surface area contributed by atoms with Gasteiger partial charge in [0.25, 0.3) is 5.91 Å². The standard InChI is InChI=1S/C19H21N5O2/c1-24-11-13(10-22-24)17(12-8-14(25)9-12)23-19(26)16-5-3-2-4-15(16)18-20-6-7-21-18/h2-7,10-12,14,17,25H,8-9H2,1H3,(H,20,21)(H,23,26)/t12?,14?,17-/m0/s1. The quantitative estimate of drug-likeness (QED) is 0.655. The molecule has 3 aromatic rings. The van der Waals surface area contributed by atoms with Gasteiger partial charge in [-0.25, -0.2) is 4.98 Å². The summed E-state index contributed by atoms with van der Waals surface area (Å²) in [5.74, 6) is 0.703. The van der Waals surface area contributed by atoms with Gasteiger partial charge in [0.15, 0.2) is 0 Å². The first kappa shape index (κ1) is 16.5. The van der Waals surface area contributed by atoms with Crippen molar-refractivity contribution < 1.29 is 9.90 Å². The van der Waals surface area contributed by atoms with Crippen molar-refractivity contribution in [3.8, 4) is 11.4 Å². The first-order chi connectivity index (χ1) is 12.6. The summed E-state index contributed by atoms with van der Waals surface area (Å²) in [4.78, 5) is 20.3. The highest BCUT2D eigenvalue weighted by atomic mass is 16.3. The van der Waals surface area contributed by atoms with Gasteiger partial charge < -0.3 is 15.4 Å². The number of aliphatic hydroxyl groups excluding tert-OH is 1. The van der Waals surface area contributed by atoms with E-state index >= 15 is 0 Å². The molecule has 4 rings (SSSR count). The van der Waals surface area contributed by atoms with Crippen molar-refractivity contribution in [2.24, 2.45) is 13.0 Å². The Hall–Kier alpha value is -2.93. The van der Waals surface area contributed by atoms with E-state index in [0.717, 1.165) is 11.1 Å². The minimum atomic E-state index is -0.286. The number of rotatable bonds is 5. The zero-order valence-corrected chi connectivity index (χ0v) is 14.5. The van der Waals surface area contributed by atoms with Crippen LogP contribution in [0.3, 0.4) is 0 Å². The molecule has 1 atom stereocenters. The predicted octanol–water partition coefficient (Wildman–Crippen LogP) is 2.05. The van der Waals surface area contributed by atoms with Crippen molar-refractivity contribution in [2.45, 2.75) is 25.0 Å². The molecule has 0 bridgehead atoms. The number of carbonyl (C=O) groups excluding carboxylic acids is 1. The van der Waals surface area contributed by atoms with Gasteiger partial charge in [0.2, 0.25) is 0 Å². The maximum absolute atomic E-state index is 13.0. The Morgan fingerprint density at radius 3 is 2.85 bits per heavy atom. The monoisotopic (exact) mass is 351 g/mol. The van der Waals surface area contributed by atoms with Crippen molar-refractivity contribution in [1.82, 2.24) is 25.1 Å². The molecular formula is C19H21N5O2. The summed E-state index contributed by atoms with van der Waals surface area (Å²) < 4.78 is 1.72. The molecule has 26 heavy (non-hydrogen) atoms. The van der Waals surface area contributed by atoms with Gasteiger partial charge in [-0.05, 0) is 24.8 Å². The maximum atomic E-state index is 13.0. The van der Waals surface area contributed by atoms with Crippen LogP contribution in [0.15, 0.2) is 49.1 Å². The fourth-order valence-electron chi connectivity index (χ4n) is 3.50. The van der Waals surface area contributed by atoms with Gasteiger partial charge in [-0.1, -0.05) is 18.2 Å². The minimum absolute atomic E-state index is 0.160. The third kappa shape index (κ3) is 3.13. The number of carbonyl (C=O) groups is 1. The maximum Gasteiger partial charge on any atom is 0.252 e. The number of aromatic amines is 1. The molecule has 0 spiro atoms. The van der Waals surface area contributed by atoms with Gasteiger partial charge in [-0.15, -0.1) is 0 Å². The largest absolute Gasteiger partial charge is 0.393 e. The number of H-pyrrole nitrogens is 1. The van der Waals surface area contributed by atoms with E-state index in [0.29, 0.717) is 24.2 Å². The highest BCUT2D eigenvalue weighted by Crippen LogP contribution is 2.38. The second-order valence-electron chi connectivity index (χ2n) is 6.77. The molecule has 0 unspecified atom stereocenters. The van der Waals surface area contributed by atoms with E-state index in [2.05, 4.69) is 20.4 Å². The Bertz CT molecular complexity index is 896. The molecular weight excluding hydrogens is 330 g/mol. The van der Waals surface area contributed by atoms with Crippen molar-refractivity contribution in [3.63, 3.8) is 0 Å². The predicted molar refractivity (Wildman–Crippen MR) is 96.2 cm³/mol. The lowest BCUT2D eigenvalue weighted by Gasteiger charge is -2.37. The van der Waals surface area contributed by atoms with Crippen LogP contribution in [-0.4, -0.2) is 36.9 Å². The first-order valence-corrected chi connectivity index (χ1v) is 8.68. The van der Waals surface area contributed by atoms with Crippen LogP contribution >= 0.6 is 0 Å². The fourth-order valence-corrected chi connectivity index (χ4v) is 3.50. The average Bonchev–Trinajstić information content (AvgIpc) is 3.29. The number of amides is 1. The van der Waals surface area contributed by atoms with Crippen LogP contribution in [0.5, 0.6) is 0 Å². The Morgan fingerprint density at radius 1 is 1.38 bits per heavy atom. The molecule has 1 fully saturated rings. The average molecular weight is 351 g/mol. The van der Waals surface area contributed by atoms with E-state index in [4.69, 9.17) is 0 Å². The number of nitrogens with one attached hydrogen (secondary N) is 2. The fraction of sp³-hybridized carbons (Fsp3) is 0.316. The number of benzene rings is 1. The van der Waals surface area contributed by atoms with Crippen LogP contribution < -0.4 is 5.32 Å². The summed E-state index contributed by atoms with van der Waals surface area (Å²) in [5.41, 5.74) is 2.28. The molecule has 2 aromatic heterocycles. The third-order valence-corrected chi connectivity index (χ3v) is 4.92. The second kappa shape index (κ2) is 6.76. The van der Waals surface area contributed by atoms with E-state index in [-0.39, 0.29) is 24.0 Å². The lowest BCUT2D eigenvalue weighted by molar-refractivity contribution is 0.0235. The number of aryl methyl sites for hydroxylation is 1. The summed E-state index contributed by atoms with van der Waals surface area (Å²) in [6.07, 6.45) is 8.16. The van der Waals surface area contributed by atoms with E-state index in [1.165, 1.54) is 0 Å². The molecule has 1 aliphatic carbocycles. The molecule has 3 N–H and O–H groups in total. The number of hydrogen-bond donors (Lipinski definition) is 3. The number of nitrogens with zero attached hydrogens (tertiary/aromatic N) is 3. The van der Waals surface area contributed by atoms with E-state index in [1.54, 1.807) is 29.3 Å². The van der Waals surface area contributed by atoms with Gasteiger partial charge in [-0.2, -0.15) is 5.10 Å². The zero-order chi connectivity index (χ0) is 18.1.